The second-order valence-electron chi connectivity index (χ2n) is 3.30. The van der Waals surface area contributed by atoms with E-state index < -0.39 is 15.4 Å². The van der Waals surface area contributed by atoms with Crippen LogP contribution in [0.3, 0.4) is 0 Å². The zero-order valence-corrected chi connectivity index (χ0v) is 8.85. The molecule has 0 rings (SSSR count). The molecule has 0 aromatic heterocycles. The molecule has 0 aromatic carbocycles. The third kappa shape index (κ3) is 6.76. The highest BCUT2D eigenvalue weighted by atomic mass is 32.3. The van der Waals surface area contributed by atoms with E-state index in [4.69, 9.17) is 6.42 Å². The SMILES string of the molecule is C#CCS(=O)(O)(O)CCCCCC. The van der Waals surface area contributed by atoms with E-state index in [1.807, 2.05) is 5.92 Å². The Morgan fingerprint density at radius 2 is 1.92 bits per heavy atom. The maximum absolute atomic E-state index is 11.3. The molecule has 0 fully saturated rings. The molecule has 4 heteroatoms. The van der Waals surface area contributed by atoms with E-state index in [0.29, 0.717) is 6.42 Å². The molecule has 0 amide bonds. The fraction of sp³-hybridized carbons (Fsp3) is 0.778. The second kappa shape index (κ2) is 4.75. The van der Waals surface area contributed by atoms with Gasteiger partial charge in [0.15, 0.2) is 0 Å². The molecular formula is C9H18O3S. The summed E-state index contributed by atoms with van der Waals surface area (Å²) in [6.07, 6.45) is 8.36. The van der Waals surface area contributed by atoms with Crippen LogP contribution in [0, 0.1) is 12.3 Å². The van der Waals surface area contributed by atoms with Gasteiger partial charge in [-0.05, 0) is 6.42 Å². The minimum absolute atomic E-state index is 0.0958. The van der Waals surface area contributed by atoms with Crippen LogP contribution in [0.5, 0.6) is 0 Å². The van der Waals surface area contributed by atoms with Gasteiger partial charge in [0.05, 0.1) is 9.63 Å². The molecule has 0 unspecified atom stereocenters. The predicted octanol–water partition coefficient (Wildman–Crippen LogP) is 1.97. The van der Waals surface area contributed by atoms with Gasteiger partial charge in [0, 0.05) is 5.75 Å². The summed E-state index contributed by atoms with van der Waals surface area (Å²) in [6.45, 7) is 2.05. The molecule has 0 spiro atoms. The van der Waals surface area contributed by atoms with Crippen molar-refractivity contribution in [3.63, 3.8) is 0 Å². The summed E-state index contributed by atoms with van der Waals surface area (Å²) < 4.78 is 29.8. The van der Waals surface area contributed by atoms with Gasteiger partial charge < -0.3 is 9.11 Å². The van der Waals surface area contributed by atoms with E-state index in [-0.39, 0.29) is 5.75 Å². The van der Waals surface area contributed by atoms with Crippen LogP contribution in [0.4, 0.5) is 0 Å². The molecule has 78 valence electrons. The van der Waals surface area contributed by atoms with Gasteiger partial charge in [-0.2, -0.15) is 0 Å². The van der Waals surface area contributed by atoms with Crippen LogP contribution < -0.4 is 0 Å². The maximum Gasteiger partial charge on any atom is 0.107 e. The Bertz CT molecular complexity index is 246. The molecule has 0 atom stereocenters. The van der Waals surface area contributed by atoms with Crippen LogP contribution in [-0.4, -0.2) is 24.8 Å². The van der Waals surface area contributed by atoms with Crippen LogP contribution in [-0.2, 0) is 9.63 Å². The van der Waals surface area contributed by atoms with Gasteiger partial charge in [-0.25, -0.2) is 4.21 Å². The molecule has 3 nitrogen and oxygen atoms in total. The van der Waals surface area contributed by atoms with E-state index in [1.165, 1.54) is 0 Å². The average molecular weight is 206 g/mol. The highest BCUT2D eigenvalue weighted by molar-refractivity contribution is 8.10. The largest absolute Gasteiger partial charge is 0.307 e. The number of hydrogen-bond donors (Lipinski definition) is 2. The van der Waals surface area contributed by atoms with Crippen LogP contribution in [0.2, 0.25) is 0 Å². The molecule has 0 aliphatic carbocycles. The summed E-state index contributed by atoms with van der Waals surface area (Å²) in [5, 5.41) is 0. The Kier molecular flexibility index (Phi) is 4.62. The molecule has 0 bridgehead atoms. The molecule has 2 N–H and O–H groups in total. The zero-order valence-electron chi connectivity index (χ0n) is 8.03. The van der Waals surface area contributed by atoms with Crippen LogP contribution in [0.25, 0.3) is 0 Å². The van der Waals surface area contributed by atoms with Gasteiger partial charge in [-0.1, -0.05) is 32.1 Å². The van der Waals surface area contributed by atoms with Crippen molar-refractivity contribution < 1.29 is 13.3 Å². The molecule has 0 saturated carbocycles. The first kappa shape index (κ1) is 12.6. The van der Waals surface area contributed by atoms with Crippen molar-refractivity contribution in [1.29, 1.82) is 0 Å². The lowest BCUT2D eigenvalue weighted by atomic mass is 10.2. The molecule has 13 heavy (non-hydrogen) atoms. The third-order valence-corrected chi connectivity index (χ3v) is 3.64. The number of unbranched alkanes of at least 4 members (excludes halogenated alkanes) is 3. The smallest absolute Gasteiger partial charge is 0.107 e. The van der Waals surface area contributed by atoms with Crippen molar-refractivity contribution in [3.05, 3.63) is 0 Å². The third-order valence-electron chi connectivity index (χ3n) is 1.78. The van der Waals surface area contributed by atoms with Gasteiger partial charge >= 0.3 is 0 Å². The quantitative estimate of drug-likeness (QED) is 0.516. The Labute approximate surface area is 80.0 Å². The summed E-state index contributed by atoms with van der Waals surface area (Å²) in [7, 11) is -4.46. The van der Waals surface area contributed by atoms with Crippen molar-refractivity contribution in [2.75, 3.05) is 11.5 Å². The van der Waals surface area contributed by atoms with Crippen molar-refractivity contribution in [2.24, 2.45) is 0 Å². The molecule has 0 heterocycles. The Hall–Kier alpha value is -0.370. The minimum atomic E-state index is -4.46. The first-order chi connectivity index (χ1) is 5.89. The summed E-state index contributed by atoms with van der Waals surface area (Å²) >= 11 is 0. The summed E-state index contributed by atoms with van der Waals surface area (Å²) in [6, 6.07) is 0. The van der Waals surface area contributed by atoms with Crippen molar-refractivity contribution in [1.82, 2.24) is 0 Å². The van der Waals surface area contributed by atoms with Crippen molar-refractivity contribution in [3.8, 4) is 12.3 Å². The monoisotopic (exact) mass is 206 g/mol. The summed E-state index contributed by atoms with van der Waals surface area (Å²) in [5.41, 5.74) is 0. The molecule has 0 radical (unpaired) electrons. The van der Waals surface area contributed by atoms with E-state index in [0.717, 1.165) is 19.3 Å². The van der Waals surface area contributed by atoms with Gasteiger partial charge in [0.2, 0.25) is 0 Å². The van der Waals surface area contributed by atoms with Crippen molar-refractivity contribution >= 4 is 9.63 Å². The highest BCUT2D eigenvalue weighted by Gasteiger charge is 2.27. The fourth-order valence-corrected chi connectivity index (χ4v) is 2.32. The maximum atomic E-state index is 11.3. The van der Waals surface area contributed by atoms with Crippen LogP contribution in [0.15, 0.2) is 0 Å². The number of terminal acetylenes is 1. The van der Waals surface area contributed by atoms with E-state index in [2.05, 4.69) is 6.92 Å². The normalized spacial score (nSPS) is 14.5. The topological polar surface area (TPSA) is 57.5 Å². The Morgan fingerprint density at radius 1 is 1.31 bits per heavy atom. The van der Waals surface area contributed by atoms with Gasteiger partial charge in [-0.15, -0.1) is 6.42 Å². The number of rotatable bonds is 6. The molecule has 0 aliphatic heterocycles. The Morgan fingerprint density at radius 3 is 2.38 bits per heavy atom. The lowest BCUT2D eigenvalue weighted by Gasteiger charge is -2.28. The fourth-order valence-electron chi connectivity index (χ4n) is 1.06. The molecule has 0 saturated heterocycles. The van der Waals surface area contributed by atoms with Crippen molar-refractivity contribution in [2.45, 2.75) is 32.6 Å². The second-order valence-corrected chi connectivity index (χ2v) is 6.37. The van der Waals surface area contributed by atoms with Crippen LogP contribution >= 0.6 is 0 Å². The van der Waals surface area contributed by atoms with E-state index >= 15 is 0 Å². The van der Waals surface area contributed by atoms with Gasteiger partial charge in [0.25, 0.3) is 0 Å². The van der Waals surface area contributed by atoms with Gasteiger partial charge in [0.1, 0.15) is 5.75 Å². The van der Waals surface area contributed by atoms with E-state index in [9.17, 15) is 13.3 Å². The lowest BCUT2D eigenvalue weighted by molar-refractivity contribution is 0.392. The van der Waals surface area contributed by atoms with Gasteiger partial charge in [-0.3, -0.25) is 0 Å². The zero-order chi connectivity index (χ0) is 10.4. The summed E-state index contributed by atoms with van der Waals surface area (Å²) in [4.78, 5) is 0. The number of hydrogen-bond acceptors (Lipinski definition) is 1. The molecule has 0 aromatic rings. The molecular weight excluding hydrogens is 188 g/mol. The average Bonchev–Trinajstić information content (AvgIpc) is 1.97. The predicted molar refractivity (Wildman–Crippen MR) is 56.1 cm³/mol. The molecule has 0 aliphatic rings. The Balaban J connectivity index is 3.89. The standard InChI is InChI=1S/C9H18O3S/c1-3-5-6-7-9-13(10,11,12)8-4-2/h2H,3,5-9H2,1H3,(H2,10,11,12). The lowest BCUT2D eigenvalue weighted by Crippen LogP contribution is -2.38. The van der Waals surface area contributed by atoms with E-state index in [1.54, 1.807) is 0 Å². The minimum Gasteiger partial charge on any atom is -0.307 e. The summed E-state index contributed by atoms with van der Waals surface area (Å²) in [5.74, 6) is 1.47. The first-order valence-corrected chi connectivity index (χ1v) is 6.68. The highest BCUT2D eigenvalue weighted by Crippen LogP contribution is 2.18. The van der Waals surface area contributed by atoms with Crippen LogP contribution in [0.1, 0.15) is 32.6 Å². The first-order valence-electron chi connectivity index (χ1n) is 4.46.